The van der Waals surface area contributed by atoms with Crippen molar-refractivity contribution in [3.63, 3.8) is 0 Å². The minimum absolute atomic E-state index is 0.0124. The molecule has 7 heteroatoms. The maximum Gasteiger partial charge on any atom is 0.227 e. The lowest BCUT2D eigenvalue weighted by Crippen LogP contribution is -2.42. The van der Waals surface area contributed by atoms with Gasteiger partial charge in [0.2, 0.25) is 23.5 Å². The van der Waals surface area contributed by atoms with Crippen molar-refractivity contribution in [3.05, 3.63) is 36.2 Å². The number of amides is 2. The van der Waals surface area contributed by atoms with Crippen molar-refractivity contribution in [2.24, 2.45) is 5.92 Å². The topological polar surface area (TPSA) is 88.3 Å². The fourth-order valence-electron chi connectivity index (χ4n) is 3.03. The van der Waals surface area contributed by atoms with Gasteiger partial charge in [0.05, 0.1) is 0 Å². The molecular weight excluding hydrogens is 320 g/mol. The highest BCUT2D eigenvalue weighted by molar-refractivity contribution is 5.79. The number of aryl methyl sites for hydroxylation is 1. The first-order chi connectivity index (χ1) is 12.2. The Labute approximate surface area is 146 Å². The van der Waals surface area contributed by atoms with E-state index in [1.807, 2.05) is 35.2 Å². The van der Waals surface area contributed by atoms with E-state index in [0.717, 1.165) is 5.56 Å². The average molecular weight is 342 g/mol. The van der Waals surface area contributed by atoms with Gasteiger partial charge in [0.1, 0.15) is 0 Å². The van der Waals surface area contributed by atoms with Gasteiger partial charge in [0, 0.05) is 44.5 Å². The lowest BCUT2D eigenvalue weighted by atomic mass is 9.96. The first-order valence-electron chi connectivity index (χ1n) is 8.54. The van der Waals surface area contributed by atoms with Gasteiger partial charge in [0.15, 0.2) is 0 Å². The molecule has 1 aromatic carbocycles. The Hall–Kier alpha value is -2.70. The third-order valence-corrected chi connectivity index (χ3v) is 4.52. The summed E-state index contributed by atoms with van der Waals surface area (Å²) in [5.41, 5.74) is 0.889. The Morgan fingerprint density at radius 2 is 1.96 bits per heavy atom. The zero-order chi connectivity index (χ0) is 17.6. The maximum atomic E-state index is 12.3. The summed E-state index contributed by atoms with van der Waals surface area (Å²) in [7, 11) is 1.65. The van der Waals surface area contributed by atoms with Crippen LogP contribution in [0.15, 0.2) is 34.9 Å². The molecule has 0 aliphatic carbocycles. The quantitative estimate of drug-likeness (QED) is 0.893. The molecule has 2 amide bonds. The molecular formula is C18H22N4O3. The van der Waals surface area contributed by atoms with Crippen LogP contribution in [-0.2, 0) is 16.0 Å². The molecule has 0 spiro atoms. The van der Waals surface area contributed by atoms with Crippen LogP contribution in [0.1, 0.15) is 25.2 Å². The molecule has 25 heavy (non-hydrogen) atoms. The van der Waals surface area contributed by atoms with Gasteiger partial charge in [-0.05, 0) is 12.8 Å². The van der Waals surface area contributed by atoms with Crippen LogP contribution in [0.5, 0.6) is 0 Å². The normalized spacial score (nSPS) is 15.2. The molecule has 1 N–H and O–H groups in total. The largest absolute Gasteiger partial charge is 0.359 e. The molecule has 1 aliphatic rings. The number of carbonyl (C=O) groups excluding carboxylic acids is 2. The van der Waals surface area contributed by atoms with Gasteiger partial charge in [-0.2, -0.15) is 4.98 Å². The molecule has 1 fully saturated rings. The molecule has 0 bridgehead atoms. The number of piperidine rings is 1. The van der Waals surface area contributed by atoms with E-state index in [4.69, 9.17) is 4.52 Å². The van der Waals surface area contributed by atoms with Crippen molar-refractivity contribution in [3.8, 4) is 11.4 Å². The number of carbonyl (C=O) groups is 2. The first-order valence-corrected chi connectivity index (χ1v) is 8.54. The number of likely N-dealkylation sites (tertiary alicyclic amines) is 1. The van der Waals surface area contributed by atoms with Crippen LogP contribution in [0.25, 0.3) is 11.4 Å². The van der Waals surface area contributed by atoms with Crippen LogP contribution in [0.2, 0.25) is 0 Å². The molecule has 0 radical (unpaired) electrons. The zero-order valence-corrected chi connectivity index (χ0v) is 14.3. The summed E-state index contributed by atoms with van der Waals surface area (Å²) < 4.78 is 5.24. The lowest BCUT2D eigenvalue weighted by Gasteiger charge is -2.31. The minimum Gasteiger partial charge on any atom is -0.359 e. The van der Waals surface area contributed by atoms with Gasteiger partial charge in [-0.3, -0.25) is 9.59 Å². The van der Waals surface area contributed by atoms with Crippen LogP contribution in [0.4, 0.5) is 0 Å². The van der Waals surface area contributed by atoms with E-state index in [-0.39, 0.29) is 17.7 Å². The van der Waals surface area contributed by atoms with E-state index in [1.165, 1.54) is 0 Å². The van der Waals surface area contributed by atoms with Gasteiger partial charge in [-0.15, -0.1) is 0 Å². The fourth-order valence-corrected chi connectivity index (χ4v) is 3.03. The Balaban J connectivity index is 1.49. The van der Waals surface area contributed by atoms with Crippen LogP contribution in [0, 0.1) is 5.92 Å². The van der Waals surface area contributed by atoms with E-state index in [2.05, 4.69) is 15.5 Å². The number of benzene rings is 1. The average Bonchev–Trinajstić information content (AvgIpc) is 3.15. The van der Waals surface area contributed by atoms with Crippen molar-refractivity contribution in [2.75, 3.05) is 20.1 Å². The van der Waals surface area contributed by atoms with E-state index in [1.54, 1.807) is 7.05 Å². The molecule has 0 atom stereocenters. The summed E-state index contributed by atoms with van der Waals surface area (Å²) in [6.45, 7) is 1.24. The van der Waals surface area contributed by atoms with Crippen molar-refractivity contribution in [2.45, 2.75) is 25.7 Å². The summed E-state index contributed by atoms with van der Waals surface area (Å²) in [6.07, 6.45) is 2.18. The van der Waals surface area contributed by atoms with E-state index >= 15 is 0 Å². The minimum atomic E-state index is 0.0124. The summed E-state index contributed by atoms with van der Waals surface area (Å²) in [4.78, 5) is 30.1. The number of nitrogens with one attached hydrogen (secondary N) is 1. The van der Waals surface area contributed by atoms with E-state index in [9.17, 15) is 9.59 Å². The standard InChI is InChI=1S/C18H22N4O3/c1-19-18(24)14-9-11-22(12-10-14)16(23)8-7-15-20-17(21-25-15)13-5-3-2-4-6-13/h2-6,14H,7-12H2,1H3,(H,19,24). The Bertz CT molecular complexity index is 721. The van der Waals surface area contributed by atoms with E-state index in [0.29, 0.717) is 50.5 Å². The number of aromatic nitrogens is 2. The SMILES string of the molecule is CNC(=O)C1CCN(C(=O)CCc2nc(-c3ccccc3)no2)CC1. The van der Waals surface area contributed by atoms with Gasteiger partial charge >= 0.3 is 0 Å². The molecule has 0 unspecified atom stereocenters. The smallest absolute Gasteiger partial charge is 0.227 e. The van der Waals surface area contributed by atoms with Crippen molar-refractivity contribution in [1.29, 1.82) is 0 Å². The highest BCUT2D eigenvalue weighted by Crippen LogP contribution is 2.19. The molecule has 132 valence electrons. The van der Waals surface area contributed by atoms with Gasteiger partial charge < -0.3 is 14.7 Å². The molecule has 2 aromatic rings. The molecule has 3 rings (SSSR count). The summed E-state index contributed by atoms with van der Waals surface area (Å²) in [5.74, 6) is 1.14. The second-order valence-corrected chi connectivity index (χ2v) is 6.15. The summed E-state index contributed by atoms with van der Waals surface area (Å²) >= 11 is 0. The molecule has 7 nitrogen and oxygen atoms in total. The summed E-state index contributed by atoms with van der Waals surface area (Å²) in [6, 6.07) is 9.58. The van der Waals surface area contributed by atoms with Crippen molar-refractivity contribution in [1.82, 2.24) is 20.4 Å². The van der Waals surface area contributed by atoms with Crippen LogP contribution < -0.4 is 5.32 Å². The zero-order valence-electron chi connectivity index (χ0n) is 14.3. The lowest BCUT2D eigenvalue weighted by molar-refractivity contribution is -0.135. The Kier molecular flexibility index (Phi) is 5.42. The second kappa shape index (κ2) is 7.92. The third kappa shape index (κ3) is 4.23. The van der Waals surface area contributed by atoms with Gasteiger partial charge in [0.25, 0.3) is 0 Å². The molecule has 1 aliphatic heterocycles. The van der Waals surface area contributed by atoms with Crippen molar-refractivity contribution < 1.29 is 14.1 Å². The number of hydrogen-bond acceptors (Lipinski definition) is 5. The first kappa shape index (κ1) is 17.1. The number of nitrogens with zero attached hydrogens (tertiary/aromatic N) is 3. The molecule has 2 heterocycles. The fraction of sp³-hybridized carbons (Fsp3) is 0.444. The maximum absolute atomic E-state index is 12.3. The highest BCUT2D eigenvalue weighted by Gasteiger charge is 2.26. The molecule has 1 aromatic heterocycles. The number of hydrogen-bond donors (Lipinski definition) is 1. The molecule has 0 saturated carbocycles. The van der Waals surface area contributed by atoms with Crippen molar-refractivity contribution >= 4 is 11.8 Å². The predicted octanol–water partition coefficient (Wildman–Crippen LogP) is 1.65. The number of rotatable bonds is 5. The van der Waals surface area contributed by atoms with E-state index < -0.39 is 0 Å². The predicted molar refractivity (Wildman–Crippen MR) is 91.4 cm³/mol. The van der Waals surface area contributed by atoms with Crippen LogP contribution in [0.3, 0.4) is 0 Å². The van der Waals surface area contributed by atoms with Crippen LogP contribution >= 0.6 is 0 Å². The van der Waals surface area contributed by atoms with Crippen LogP contribution in [-0.4, -0.2) is 47.0 Å². The Morgan fingerprint density at radius 1 is 1.24 bits per heavy atom. The highest BCUT2D eigenvalue weighted by atomic mass is 16.5. The monoisotopic (exact) mass is 342 g/mol. The summed E-state index contributed by atoms with van der Waals surface area (Å²) in [5, 5.41) is 6.63. The second-order valence-electron chi connectivity index (χ2n) is 6.15. The third-order valence-electron chi connectivity index (χ3n) is 4.52. The molecule has 1 saturated heterocycles. The van der Waals surface area contributed by atoms with Gasteiger partial charge in [-0.25, -0.2) is 0 Å². The Morgan fingerprint density at radius 3 is 2.64 bits per heavy atom. The van der Waals surface area contributed by atoms with Gasteiger partial charge in [-0.1, -0.05) is 35.5 Å².